The monoisotopic (exact) mass is 280 g/mol. The van der Waals surface area contributed by atoms with Crippen LogP contribution in [0.1, 0.15) is 10.4 Å². The van der Waals surface area contributed by atoms with Crippen molar-refractivity contribution in [3.8, 4) is 21.8 Å². The molecular formula is C17H16N2S. The van der Waals surface area contributed by atoms with Gasteiger partial charge in [-0.05, 0) is 13.0 Å². The van der Waals surface area contributed by atoms with Crippen LogP contribution in [0.25, 0.3) is 21.8 Å². The maximum Gasteiger partial charge on any atom is 0.124 e. The molecule has 0 aliphatic rings. The van der Waals surface area contributed by atoms with Crippen LogP contribution in [0.2, 0.25) is 0 Å². The minimum Gasteiger partial charge on any atom is -0.326 e. The van der Waals surface area contributed by atoms with E-state index in [2.05, 4.69) is 43.3 Å². The third-order valence-corrected chi connectivity index (χ3v) is 4.32. The Morgan fingerprint density at radius 3 is 2.45 bits per heavy atom. The molecule has 2 N–H and O–H groups in total. The fraction of sp³-hybridized carbons (Fsp3) is 0.118. The Morgan fingerprint density at radius 1 is 1.00 bits per heavy atom. The quantitative estimate of drug-likeness (QED) is 0.779. The predicted molar refractivity (Wildman–Crippen MR) is 85.6 cm³/mol. The van der Waals surface area contributed by atoms with Gasteiger partial charge in [0, 0.05) is 22.5 Å². The predicted octanol–water partition coefficient (Wildman–Crippen LogP) is 4.24. The Morgan fingerprint density at radius 2 is 1.75 bits per heavy atom. The van der Waals surface area contributed by atoms with Crippen molar-refractivity contribution >= 4 is 11.3 Å². The zero-order valence-electron chi connectivity index (χ0n) is 11.3. The van der Waals surface area contributed by atoms with Gasteiger partial charge in [0.05, 0.1) is 5.69 Å². The van der Waals surface area contributed by atoms with E-state index in [4.69, 9.17) is 10.7 Å². The fourth-order valence-corrected chi connectivity index (χ4v) is 3.17. The van der Waals surface area contributed by atoms with E-state index in [1.54, 1.807) is 11.3 Å². The van der Waals surface area contributed by atoms with Gasteiger partial charge in [-0.1, -0.05) is 54.1 Å². The molecule has 0 radical (unpaired) electrons. The summed E-state index contributed by atoms with van der Waals surface area (Å²) >= 11 is 1.68. The first kappa shape index (κ1) is 13.0. The van der Waals surface area contributed by atoms with E-state index in [0.29, 0.717) is 6.54 Å². The first-order valence-electron chi connectivity index (χ1n) is 6.60. The first-order chi connectivity index (χ1) is 9.78. The van der Waals surface area contributed by atoms with Crippen molar-refractivity contribution in [2.75, 3.05) is 0 Å². The van der Waals surface area contributed by atoms with Crippen LogP contribution in [0, 0.1) is 6.92 Å². The highest BCUT2D eigenvalue weighted by Gasteiger charge is 2.13. The van der Waals surface area contributed by atoms with E-state index >= 15 is 0 Å². The molecule has 20 heavy (non-hydrogen) atoms. The second-order valence-electron chi connectivity index (χ2n) is 4.73. The van der Waals surface area contributed by atoms with Crippen LogP contribution < -0.4 is 5.73 Å². The minimum atomic E-state index is 0.522. The van der Waals surface area contributed by atoms with Crippen molar-refractivity contribution < 1.29 is 0 Å². The van der Waals surface area contributed by atoms with E-state index in [9.17, 15) is 0 Å². The van der Waals surface area contributed by atoms with Gasteiger partial charge in [0.2, 0.25) is 0 Å². The van der Waals surface area contributed by atoms with Gasteiger partial charge in [-0.2, -0.15) is 0 Å². The Hall–Kier alpha value is -1.97. The molecule has 3 aromatic rings. The van der Waals surface area contributed by atoms with Crippen LogP contribution in [0.3, 0.4) is 0 Å². The standard InChI is InChI=1S/C17H16N2S/c1-12-6-5-9-14(10-12)17-19-16(15(11-18)20-17)13-7-3-2-4-8-13/h2-10H,11,18H2,1H3. The van der Waals surface area contributed by atoms with Crippen molar-refractivity contribution in [2.45, 2.75) is 13.5 Å². The summed E-state index contributed by atoms with van der Waals surface area (Å²) in [5, 5.41) is 1.04. The lowest BCUT2D eigenvalue weighted by Gasteiger charge is -1.99. The number of nitrogens with zero attached hydrogens (tertiary/aromatic N) is 1. The van der Waals surface area contributed by atoms with Crippen molar-refractivity contribution in [1.82, 2.24) is 4.98 Å². The number of hydrogen-bond donors (Lipinski definition) is 1. The molecule has 0 bridgehead atoms. The zero-order valence-corrected chi connectivity index (χ0v) is 12.2. The Bertz CT molecular complexity index is 717. The van der Waals surface area contributed by atoms with E-state index in [1.807, 2.05) is 18.2 Å². The molecule has 3 heteroatoms. The summed E-state index contributed by atoms with van der Waals surface area (Å²) in [5.74, 6) is 0. The molecule has 0 atom stereocenters. The normalized spacial score (nSPS) is 10.7. The van der Waals surface area contributed by atoms with Gasteiger partial charge in [0.1, 0.15) is 5.01 Å². The summed E-state index contributed by atoms with van der Waals surface area (Å²) in [6.07, 6.45) is 0. The number of benzene rings is 2. The van der Waals surface area contributed by atoms with Crippen LogP contribution in [0.4, 0.5) is 0 Å². The average molecular weight is 280 g/mol. The van der Waals surface area contributed by atoms with Gasteiger partial charge in [0.25, 0.3) is 0 Å². The molecule has 1 aromatic heterocycles. The second-order valence-corrected chi connectivity index (χ2v) is 5.81. The van der Waals surface area contributed by atoms with Crippen LogP contribution in [0.15, 0.2) is 54.6 Å². The Kier molecular flexibility index (Phi) is 3.63. The number of nitrogens with two attached hydrogens (primary N) is 1. The van der Waals surface area contributed by atoms with E-state index < -0.39 is 0 Å². The van der Waals surface area contributed by atoms with Crippen molar-refractivity contribution in [3.63, 3.8) is 0 Å². The van der Waals surface area contributed by atoms with Crippen LogP contribution in [0.5, 0.6) is 0 Å². The summed E-state index contributed by atoms with van der Waals surface area (Å²) in [6.45, 7) is 2.62. The van der Waals surface area contributed by atoms with Crippen LogP contribution in [-0.4, -0.2) is 4.98 Å². The average Bonchev–Trinajstić information content (AvgIpc) is 2.92. The molecule has 0 aliphatic carbocycles. The van der Waals surface area contributed by atoms with Gasteiger partial charge >= 0.3 is 0 Å². The molecular weight excluding hydrogens is 264 g/mol. The molecule has 0 spiro atoms. The molecule has 0 amide bonds. The van der Waals surface area contributed by atoms with Gasteiger partial charge in [-0.25, -0.2) is 4.98 Å². The Balaban J connectivity index is 2.10. The van der Waals surface area contributed by atoms with E-state index in [-0.39, 0.29) is 0 Å². The highest BCUT2D eigenvalue weighted by atomic mass is 32.1. The number of hydrogen-bond acceptors (Lipinski definition) is 3. The van der Waals surface area contributed by atoms with Gasteiger partial charge in [0.15, 0.2) is 0 Å². The first-order valence-corrected chi connectivity index (χ1v) is 7.42. The van der Waals surface area contributed by atoms with Gasteiger partial charge in [-0.15, -0.1) is 11.3 Å². The molecule has 0 saturated heterocycles. The third-order valence-electron chi connectivity index (χ3n) is 3.19. The minimum absolute atomic E-state index is 0.522. The largest absolute Gasteiger partial charge is 0.326 e. The number of thiazole rings is 1. The lowest BCUT2D eigenvalue weighted by atomic mass is 10.1. The summed E-state index contributed by atoms with van der Waals surface area (Å²) < 4.78 is 0. The van der Waals surface area contributed by atoms with Gasteiger partial charge in [-0.3, -0.25) is 0 Å². The maximum absolute atomic E-state index is 5.88. The SMILES string of the molecule is Cc1cccc(-c2nc(-c3ccccc3)c(CN)s2)c1. The molecule has 100 valence electrons. The fourth-order valence-electron chi connectivity index (χ4n) is 2.21. The zero-order chi connectivity index (χ0) is 13.9. The molecule has 3 rings (SSSR count). The molecule has 2 aromatic carbocycles. The molecule has 0 saturated carbocycles. The lowest BCUT2D eigenvalue weighted by Crippen LogP contribution is -1.95. The molecule has 0 fully saturated rings. The number of rotatable bonds is 3. The molecule has 0 aliphatic heterocycles. The van der Waals surface area contributed by atoms with E-state index in [0.717, 1.165) is 26.7 Å². The summed E-state index contributed by atoms with van der Waals surface area (Å²) in [5.41, 5.74) is 10.4. The molecule has 1 heterocycles. The summed E-state index contributed by atoms with van der Waals surface area (Å²) in [4.78, 5) is 5.93. The molecule has 0 unspecified atom stereocenters. The van der Waals surface area contributed by atoms with Crippen molar-refractivity contribution in [2.24, 2.45) is 5.73 Å². The Labute approximate surface area is 122 Å². The highest BCUT2D eigenvalue weighted by molar-refractivity contribution is 7.15. The molecule has 2 nitrogen and oxygen atoms in total. The summed E-state index contributed by atoms with van der Waals surface area (Å²) in [7, 11) is 0. The van der Waals surface area contributed by atoms with Crippen molar-refractivity contribution in [3.05, 3.63) is 65.0 Å². The lowest BCUT2D eigenvalue weighted by molar-refractivity contribution is 1.10. The van der Waals surface area contributed by atoms with Crippen LogP contribution >= 0.6 is 11.3 Å². The second kappa shape index (κ2) is 5.57. The van der Waals surface area contributed by atoms with Crippen LogP contribution in [-0.2, 0) is 6.54 Å². The highest BCUT2D eigenvalue weighted by Crippen LogP contribution is 2.33. The maximum atomic E-state index is 5.88. The smallest absolute Gasteiger partial charge is 0.124 e. The van der Waals surface area contributed by atoms with E-state index in [1.165, 1.54) is 5.56 Å². The van der Waals surface area contributed by atoms with Crippen molar-refractivity contribution in [1.29, 1.82) is 0 Å². The number of aromatic nitrogens is 1. The van der Waals surface area contributed by atoms with Gasteiger partial charge < -0.3 is 5.73 Å². The summed E-state index contributed by atoms with van der Waals surface area (Å²) in [6, 6.07) is 18.6. The third kappa shape index (κ3) is 2.50. The number of aryl methyl sites for hydroxylation is 1. The topological polar surface area (TPSA) is 38.9 Å².